The largest absolute Gasteiger partial charge is 0.375 e. The molecule has 1 amide bonds. The summed E-state index contributed by atoms with van der Waals surface area (Å²) < 4.78 is 0. The molecule has 0 fully saturated rings. The zero-order valence-corrected chi connectivity index (χ0v) is 10.4. The number of carbonyl (C=O) groups is 1. The summed E-state index contributed by atoms with van der Waals surface area (Å²) in [6.45, 7) is 2.26. The second kappa shape index (κ2) is 5.50. The molecule has 0 saturated heterocycles. The van der Waals surface area contributed by atoms with E-state index in [4.69, 9.17) is 0 Å². The van der Waals surface area contributed by atoms with E-state index in [1.165, 1.54) is 0 Å². The molecule has 1 heterocycles. The van der Waals surface area contributed by atoms with Gasteiger partial charge in [0, 0.05) is 16.8 Å². The molecule has 2 N–H and O–H groups in total. The summed E-state index contributed by atoms with van der Waals surface area (Å²) in [5, 5.41) is 9.88. The molecule has 0 aliphatic rings. The van der Waals surface area contributed by atoms with E-state index in [0.29, 0.717) is 0 Å². The molecule has 0 unspecified atom stereocenters. The van der Waals surface area contributed by atoms with Crippen LogP contribution in [0.3, 0.4) is 0 Å². The van der Waals surface area contributed by atoms with Crippen LogP contribution >= 0.6 is 11.3 Å². The molecular weight excluding hydrogens is 232 g/mol. The first-order chi connectivity index (χ1) is 8.25. The second-order valence-electron chi connectivity index (χ2n) is 3.73. The number of thiophene rings is 1. The van der Waals surface area contributed by atoms with E-state index in [1.54, 1.807) is 11.3 Å². The van der Waals surface area contributed by atoms with E-state index in [0.717, 1.165) is 16.9 Å². The topological polar surface area (TPSA) is 41.1 Å². The minimum Gasteiger partial charge on any atom is -0.375 e. The molecule has 2 aromatic rings. The number of nitrogens with one attached hydrogen (secondary N) is 2. The minimum absolute atomic E-state index is 0.0366. The van der Waals surface area contributed by atoms with Crippen molar-refractivity contribution in [2.75, 3.05) is 17.2 Å². The van der Waals surface area contributed by atoms with E-state index < -0.39 is 0 Å². The average Bonchev–Trinajstić information content (AvgIpc) is 2.82. The van der Waals surface area contributed by atoms with Gasteiger partial charge in [-0.2, -0.15) is 11.3 Å². The molecule has 2 rings (SSSR count). The van der Waals surface area contributed by atoms with Gasteiger partial charge < -0.3 is 10.6 Å². The van der Waals surface area contributed by atoms with Crippen molar-refractivity contribution in [2.24, 2.45) is 0 Å². The lowest BCUT2D eigenvalue weighted by atomic mass is 10.2. The van der Waals surface area contributed by atoms with Gasteiger partial charge in [0.2, 0.25) is 5.91 Å². The number of amides is 1. The number of carbonyl (C=O) groups excluding carboxylic acids is 1. The Labute approximate surface area is 104 Å². The fourth-order valence-electron chi connectivity index (χ4n) is 1.45. The molecule has 1 aromatic heterocycles. The van der Waals surface area contributed by atoms with Gasteiger partial charge in [0.25, 0.3) is 0 Å². The highest BCUT2D eigenvalue weighted by Gasteiger charge is 2.03. The van der Waals surface area contributed by atoms with Gasteiger partial charge in [-0.3, -0.25) is 4.79 Å². The van der Waals surface area contributed by atoms with Crippen LogP contribution in [0.2, 0.25) is 0 Å². The Hall–Kier alpha value is -1.81. The zero-order chi connectivity index (χ0) is 12.1. The number of aryl methyl sites for hydroxylation is 1. The number of para-hydroxylation sites is 1. The first kappa shape index (κ1) is 11.7. The number of benzene rings is 1. The highest BCUT2D eigenvalue weighted by Crippen LogP contribution is 2.14. The van der Waals surface area contributed by atoms with Crippen molar-refractivity contribution in [1.29, 1.82) is 0 Å². The Bertz CT molecular complexity index is 494. The van der Waals surface area contributed by atoms with Crippen molar-refractivity contribution in [3.63, 3.8) is 0 Å². The van der Waals surface area contributed by atoms with Crippen LogP contribution in [0.15, 0.2) is 41.1 Å². The van der Waals surface area contributed by atoms with E-state index in [-0.39, 0.29) is 12.5 Å². The average molecular weight is 246 g/mol. The van der Waals surface area contributed by atoms with Crippen LogP contribution in [0.25, 0.3) is 0 Å². The summed E-state index contributed by atoms with van der Waals surface area (Å²) in [6, 6.07) is 9.69. The Morgan fingerprint density at radius 1 is 1.29 bits per heavy atom. The molecule has 1 aromatic carbocycles. The van der Waals surface area contributed by atoms with Crippen molar-refractivity contribution in [2.45, 2.75) is 6.92 Å². The Morgan fingerprint density at radius 2 is 2.12 bits per heavy atom. The molecule has 0 aliphatic heterocycles. The molecular formula is C13H14N2OS. The highest BCUT2D eigenvalue weighted by molar-refractivity contribution is 7.08. The molecule has 0 saturated carbocycles. The normalized spacial score (nSPS) is 9.94. The maximum atomic E-state index is 11.7. The first-order valence-corrected chi connectivity index (χ1v) is 6.31. The van der Waals surface area contributed by atoms with Crippen molar-refractivity contribution >= 4 is 28.6 Å². The van der Waals surface area contributed by atoms with Gasteiger partial charge in [-0.1, -0.05) is 18.2 Å². The van der Waals surface area contributed by atoms with Gasteiger partial charge in [0.15, 0.2) is 0 Å². The Balaban J connectivity index is 1.87. The monoisotopic (exact) mass is 246 g/mol. The van der Waals surface area contributed by atoms with E-state index in [1.807, 2.05) is 48.0 Å². The lowest BCUT2D eigenvalue weighted by Gasteiger charge is -2.08. The van der Waals surface area contributed by atoms with Crippen LogP contribution in [0.4, 0.5) is 11.4 Å². The lowest BCUT2D eigenvalue weighted by molar-refractivity contribution is -0.114. The molecule has 0 aliphatic carbocycles. The number of hydrogen-bond acceptors (Lipinski definition) is 3. The van der Waals surface area contributed by atoms with Crippen molar-refractivity contribution < 1.29 is 4.79 Å². The molecule has 0 radical (unpaired) electrons. The molecule has 0 atom stereocenters. The SMILES string of the molecule is Cc1ccccc1NC(=O)CNc1ccsc1. The van der Waals surface area contributed by atoms with Crippen LogP contribution in [0.5, 0.6) is 0 Å². The molecule has 3 nitrogen and oxygen atoms in total. The van der Waals surface area contributed by atoms with Gasteiger partial charge >= 0.3 is 0 Å². The molecule has 88 valence electrons. The molecule has 0 bridgehead atoms. The quantitative estimate of drug-likeness (QED) is 0.870. The predicted octanol–water partition coefficient (Wildman–Crippen LogP) is 3.11. The van der Waals surface area contributed by atoms with Gasteiger partial charge in [0.05, 0.1) is 6.54 Å². The van der Waals surface area contributed by atoms with Gasteiger partial charge in [-0.05, 0) is 30.0 Å². The van der Waals surface area contributed by atoms with Crippen molar-refractivity contribution in [3.05, 3.63) is 46.7 Å². The van der Waals surface area contributed by atoms with Crippen LogP contribution in [0.1, 0.15) is 5.56 Å². The van der Waals surface area contributed by atoms with Gasteiger partial charge in [0.1, 0.15) is 0 Å². The fraction of sp³-hybridized carbons (Fsp3) is 0.154. The molecule has 4 heteroatoms. The summed E-state index contributed by atoms with van der Waals surface area (Å²) >= 11 is 1.60. The molecule has 17 heavy (non-hydrogen) atoms. The maximum Gasteiger partial charge on any atom is 0.243 e. The third-order valence-electron chi connectivity index (χ3n) is 2.39. The van der Waals surface area contributed by atoms with E-state index >= 15 is 0 Å². The zero-order valence-electron chi connectivity index (χ0n) is 9.57. The van der Waals surface area contributed by atoms with E-state index in [9.17, 15) is 4.79 Å². The smallest absolute Gasteiger partial charge is 0.243 e. The third-order valence-corrected chi connectivity index (χ3v) is 3.08. The lowest BCUT2D eigenvalue weighted by Crippen LogP contribution is -2.21. The Morgan fingerprint density at radius 3 is 2.82 bits per heavy atom. The second-order valence-corrected chi connectivity index (χ2v) is 4.51. The number of rotatable bonds is 4. The summed E-state index contributed by atoms with van der Waals surface area (Å²) in [5.74, 6) is -0.0366. The van der Waals surface area contributed by atoms with Gasteiger partial charge in [-0.25, -0.2) is 0 Å². The van der Waals surface area contributed by atoms with E-state index in [2.05, 4.69) is 10.6 Å². The molecule has 0 spiro atoms. The van der Waals surface area contributed by atoms with Gasteiger partial charge in [-0.15, -0.1) is 0 Å². The number of anilines is 2. The standard InChI is InChI=1S/C13H14N2OS/c1-10-4-2-3-5-12(10)15-13(16)8-14-11-6-7-17-9-11/h2-7,9,14H,8H2,1H3,(H,15,16). The first-order valence-electron chi connectivity index (χ1n) is 5.37. The van der Waals surface area contributed by atoms with Crippen LogP contribution < -0.4 is 10.6 Å². The van der Waals surface area contributed by atoms with Crippen LogP contribution in [-0.4, -0.2) is 12.5 Å². The maximum absolute atomic E-state index is 11.7. The van der Waals surface area contributed by atoms with Crippen molar-refractivity contribution in [3.8, 4) is 0 Å². The third kappa shape index (κ3) is 3.32. The predicted molar refractivity (Wildman–Crippen MR) is 72.6 cm³/mol. The summed E-state index contributed by atoms with van der Waals surface area (Å²) in [4.78, 5) is 11.7. The number of hydrogen-bond donors (Lipinski definition) is 2. The fourth-order valence-corrected chi connectivity index (χ4v) is 2.07. The minimum atomic E-state index is -0.0366. The summed E-state index contributed by atoms with van der Waals surface area (Å²) in [7, 11) is 0. The van der Waals surface area contributed by atoms with Crippen LogP contribution in [-0.2, 0) is 4.79 Å². The van der Waals surface area contributed by atoms with Crippen molar-refractivity contribution in [1.82, 2.24) is 0 Å². The Kier molecular flexibility index (Phi) is 3.77. The summed E-state index contributed by atoms with van der Waals surface area (Å²) in [5.41, 5.74) is 2.91. The van der Waals surface area contributed by atoms with Crippen LogP contribution in [0, 0.1) is 6.92 Å². The summed E-state index contributed by atoms with van der Waals surface area (Å²) in [6.07, 6.45) is 0. The highest BCUT2D eigenvalue weighted by atomic mass is 32.1.